The van der Waals surface area contributed by atoms with Crippen molar-refractivity contribution in [3.63, 3.8) is 0 Å². The van der Waals surface area contributed by atoms with Crippen LogP contribution in [0.25, 0.3) is 5.57 Å². The molecule has 0 saturated heterocycles. The molecule has 0 bridgehead atoms. The van der Waals surface area contributed by atoms with Crippen molar-refractivity contribution in [1.29, 1.82) is 0 Å². The van der Waals surface area contributed by atoms with E-state index in [0.717, 1.165) is 22.0 Å². The summed E-state index contributed by atoms with van der Waals surface area (Å²) in [5.41, 5.74) is 0.0153. The van der Waals surface area contributed by atoms with Crippen LogP contribution in [0.5, 0.6) is 0 Å². The van der Waals surface area contributed by atoms with Gasteiger partial charge in [0.15, 0.2) is 0 Å². The van der Waals surface area contributed by atoms with Crippen LogP contribution in [0.1, 0.15) is 18.9 Å². The predicted molar refractivity (Wildman–Crippen MR) is 111 cm³/mol. The van der Waals surface area contributed by atoms with Crippen molar-refractivity contribution in [2.45, 2.75) is 25.1 Å². The van der Waals surface area contributed by atoms with Crippen molar-refractivity contribution in [3.8, 4) is 0 Å². The third-order valence-corrected chi connectivity index (χ3v) is 4.97. The summed E-state index contributed by atoms with van der Waals surface area (Å²) in [6.07, 6.45) is 0.0985. The van der Waals surface area contributed by atoms with E-state index in [2.05, 4.69) is 22.4 Å². The Morgan fingerprint density at radius 3 is 2.60 bits per heavy atom. The quantitative estimate of drug-likeness (QED) is 0.510. The zero-order chi connectivity index (χ0) is 19.4. The second-order valence-corrected chi connectivity index (χ2v) is 7.76. The molecule has 0 amide bonds. The maximum absolute atomic E-state index is 13.0. The lowest BCUT2D eigenvalue weighted by molar-refractivity contribution is -0.0406. The van der Waals surface area contributed by atoms with Gasteiger partial charge in [0.2, 0.25) is 0 Å². The zero-order valence-corrected chi connectivity index (χ0v) is 17.5. The Balaban J connectivity index is 2.78. The number of likely N-dealkylation sites (N-methyl/N-ethyl adjacent to an activating group) is 1. The topological polar surface area (TPSA) is 23.5 Å². The molecule has 0 aliphatic heterocycles. The summed E-state index contributed by atoms with van der Waals surface area (Å²) in [6.45, 7) is 10.2. The molecule has 25 heavy (non-hydrogen) atoms. The van der Waals surface area contributed by atoms with Crippen LogP contribution in [0, 0.1) is 0 Å². The van der Waals surface area contributed by atoms with E-state index in [1.807, 2.05) is 25.1 Å². The molecule has 7 heteroatoms. The van der Waals surface area contributed by atoms with Crippen molar-refractivity contribution in [2.24, 2.45) is 0 Å². The lowest BCUT2D eigenvalue weighted by Gasteiger charge is -2.25. The first-order valence-corrected chi connectivity index (χ1v) is 9.14. The SMILES string of the molecule is C=C(/C=C(/C)C(=C)N(C)CCC(O)C(F)(F)P)c1cc(Cl)ccc1P. The molecule has 0 aliphatic carbocycles. The van der Waals surface area contributed by atoms with Crippen LogP contribution in [0.2, 0.25) is 5.02 Å². The second-order valence-electron chi connectivity index (χ2n) is 5.93. The van der Waals surface area contributed by atoms with Crippen LogP contribution < -0.4 is 5.30 Å². The molecule has 2 nitrogen and oxygen atoms in total. The number of nitrogens with zero attached hydrogens (tertiary/aromatic N) is 1. The minimum Gasteiger partial charge on any atom is -0.386 e. The van der Waals surface area contributed by atoms with E-state index in [-0.39, 0.29) is 13.0 Å². The van der Waals surface area contributed by atoms with E-state index in [0.29, 0.717) is 10.7 Å². The summed E-state index contributed by atoms with van der Waals surface area (Å²) in [7, 11) is 5.75. The highest BCUT2D eigenvalue weighted by molar-refractivity contribution is 7.27. The Bertz CT molecular complexity index is 686. The third kappa shape index (κ3) is 6.79. The van der Waals surface area contributed by atoms with Gasteiger partial charge in [0, 0.05) is 24.3 Å². The molecule has 0 heterocycles. The van der Waals surface area contributed by atoms with Gasteiger partial charge < -0.3 is 10.0 Å². The fourth-order valence-corrected chi connectivity index (χ4v) is 2.88. The summed E-state index contributed by atoms with van der Waals surface area (Å²) in [4.78, 5) is 1.73. The Labute approximate surface area is 158 Å². The van der Waals surface area contributed by atoms with Crippen LogP contribution in [-0.4, -0.2) is 35.4 Å². The van der Waals surface area contributed by atoms with E-state index >= 15 is 0 Å². The number of allylic oxidation sites excluding steroid dienone is 3. The lowest BCUT2D eigenvalue weighted by Crippen LogP contribution is -2.31. The molecule has 3 unspecified atom stereocenters. The van der Waals surface area contributed by atoms with Crippen molar-refractivity contribution in [3.05, 3.63) is 59.3 Å². The highest BCUT2D eigenvalue weighted by Gasteiger charge is 2.32. The molecule has 0 radical (unpaired) electrons. The molecule has 0 fully saturated rings. The summed E-state index contributed by atoms with van der Waals surface area (Å²) in [6, 6.07) is 5.53. The smallest absolute Gasteiger partial charge is 0.284 e. The predicted octanol–water partition coefficient (Wildman–Crippen LogP) is 4.46. The number of alkyl halides is 2. The number of rotatable bonds is 8. The van der Waals surface area contributed by atoms with Gasteiger partial charge in [-0.1, -0.05) is 40.1 Å². The van der Waals surface area contributed by atoms with E-state index in [4.69, 9.17) is 11.6 Å². The van der Waals surface area contributed by atoms with Gasteiger partial charge in [-0.3, -0.25) is 0 Å². The zero-order valence-electron chi connectivity index (χ0n) is 14.4. The van der Waals surface area contributed by atoms with Crippen molar-refractivity contribution in [2.75, 3.05) is 13.6 Å². The molecule has 0 aromatic heterocycles. The molecule has 138 valence electrons. The standard InChI is InChI=1S/C18H24ClF2NOP2/c1-11(9-12(2)15-10-14(19)5-6-16(15)24)13(3)22(4)8-7-17(23)18(20,21)25/h5-6,9-10,17,23H,2-3,7-8,24-25H2,1,4H3/b11-9-. The van der Waals surface area contributed by atoms with Gasteiger partial charge in [-0.25, -0.2) is 0 Å². The molecule has 3 atom stereocenters. The summed E-state index contributed by atoms with van der Waals surface area (Å²) < 4.78 is 26.0. The third-order valence-electron chi connectivity index (χ3n) is 3.85. The largest absolute Gasteiger partial charge is 0.386 e. The van der Waals surface area contributed by atoms with E-state index in [1.165, 1.54) is 9.24 Å². The van der Waals surface area contributed by atoms with Gasteiger partial charge in [0.25, 0.3) is 5.66 Å². The molecular weight excluding hydrogens is 382 g/mol. The maximum Gasteiger partial charge on any atom is 0.284 e. The van der Waals surface area contributed by atoms with Crippen LogP contribution in [0.15, 0.2) is 48.7 Å². The number of hydrogen-bond acceptors (Lipinski definition) is 2. The average Bonchev–Trinajstić information content (AvgIpc) is 2.52. The monoisotopic (exact) mass is 405 g/mol. The Hall–Kier alpha value is -0.790. The first-order valence-electron chi connectivity index (χ1n) is 7.61. The van der Waals surface area contributed by atoms with Crippen LogP contribution in [0.4, 0.5) is 8.78 Å². The van der Waals surface area contributed by atoms with Gasteiger partial charge in [0.05, 0.1) is 0 Å². The highest BCUT2D eigenvalue weighted by atomic mass is 35.5. The molecule has 1 aromatic carbocycles. The van der Waals surface area contributed by atoms with Gasteiger partial charge in [-0.15, -0.1) is 9.24 Å². The van der Waals surface area contributed by atoms with Gasteiger partial charge in [-0.2, -0.15) is 8.78 Å². The van der Waals surface area contributed by atoms with Crippen molar-refractivity contribution < 1.29 is 13.9 Å². The fourth-order valence-electron chi connectivity index (χ4n) is 2.17. The Morgan fingerprint density at radius 2 is 2.04 bits per heavy atom. The number of benzene rings is 1. The average molecular weight is 406 g/mol. The summed E-state index contributed by atoms with van der Waals surface area (Å²) in [5.74, 6) is 0. The Morgan fingerprint density at radius 1 is 1.44 bits per heavy atom. The van der Waals surface area contributed by atoms with E-state index in [9.17, 15) is 13.9 Å². The second kappa shape index (κ2) is 9.24. The fraction of sp³-hybridized carbons (Fsp3) is 0.333. The lowest BCUT2D eigenvalue weighted by atomic mass is 10.0. The first kappa shape index (κ1) is 22.3. The molecule has 1 N–H and O–H groups in total. The number of aliphatic hydroxyl groups is 1. The summed E-state index contributed by atoms with van der Waals surface area (Å²) >= 11 is 6.03. The molecular formula is C18H24ClF2NOP2. The van der Waals surface area contributed by atoms with Crippen LogP contribution in [-0.2, 0) is 0 Å². The minimum absolute atomic E-state index is 0.0652. The molecule has 0 saturated carbocycles. The molecule has 1 rings (SSSR count). The van der Waals surface area contributed by atoms with Crippen molar-refractivity contribution >= 4 is 41.0 Å². The van der Waals surface area contributed by atoms with Gasteiger partial charge in [-0.05, 0) is 53.6 Å². The number of aliphatic hydroxyl groups excluding tert-OH is 1. The van der Waals surface area contributed by atoms with Gasteiger partial charge >= 0.3 is 0 Å². The van der Waals surface area contributed by atoms with Gasteiger partial charge in [0.1, 0.15) is 6.10 Å². The minimum atomic E-state index is -3.19. The van der Waals surface area contributed by atoms with Crippen LogP contribution in [0.3, 0.4) is 0 Å². The molecule has 0 aliphatic rings. The number of hydrogen-bond donors (Lipinski definition) is 1. The normalized spacial score (nSPS) is 13.5. The van der Waals surface area contributed by atoms with E-state index < -0.39 is 11.8 Å². The Kier molecular flexibility index (Phi) is 8.22. The van der Waals surface area contributed by atoms with E-state index in [1.54, 1.807) is 18.0 Å². The van der Waals surface area contributed by atoms with Crippen molar-refractivity contribution in [1.82, 2.24) is 4.90 Å². The maximum atomic E-state index is 13.0. The van der Waals surface area contributed by atoms with Crippen LogP contribution >= 0.6 is 30.1 Å². The summed E-state index contributed by atoms with van der Waals surface area (Å²) in [5, 5.41) is 11.0. The molecule has 0 spiro atoms. The number of halogens is 3. The molecule has 1 aromatic rings. The first-order chi connectivity index (χ1) is 11.4. The highest BCUT2D eigenvalue weighted by Crippen LogP contribution is 2.29.